The Morgan fingerprint density at radius 3 is 2.40 bits per heavy atom. The highest BCUT2D eigenvalue weighted by atomic mass is 35.5. The highest BCUT2D eigenvalue weighted by Gasteiger charge is 2.22. The van der Waals surface area contributed by atoms with E-state index in [2.05, 4.69) is 10.0 Å². The molecule has 3 rings (SSSR count). The molecule has 0 bridgehead atoms. The number of anilines is 2. The number of aryl methyl sites for hydroxylation is 1. The van der Waals surface area contributed by atoms with Crippen LogP contribution in [0.3, 0.4) is 0 Å². The second-order valence-electron chi connectivity index (χ2n) is 6.58. The minimum Gasteiger partial charge on any atom is -0.319 e. The van der Waals surface area contributed by atoms with E-state index in [0.29, 0.717) is 11.8 Å². The fraction of sp³-hybridized carbons (Fsp3) is 0.0952. The normalized spacial score (nSPS) is 11.2. The number of nitrogens with one attached hydrogen (secondary N) is 2. The predicted molar refractivity (Wildman–Crippen MR) is 112 cm³/mol. The molecule has 156 valence electrons. The molecule has 0 aliphatic rings. The van der Waals surface area contributed by atoms with Gasteiger partial charge in [-0.05, 0) is 61.4 Å². The summed E-state index contributed by atoms with van der Waals surface area (Å²) in [5, 5.41) is 2.19. The number of amides is 1. The summed E-state index contributed by atoms with van der Waals surface area (Å²) >= 11 is 6.07. The minimum atomic E-state index is -4.11. The van der Waals surface area contributed by atoms with Crippen LogP contribution < -0.4 is 10.0 Å². The van der Waals surface area contributed by atoms with E-state index in [9.17, 15) is 22.0 Å². The van der Waals surface area contributed by atoms with Crippen molar-refractivity contribution < 1.29 is 22.0 Å². The standard InChI is InChI=1S/C21H17ClF2N2O3S/c1-12-4-3-5-18(13(12)2)26-30(28,29)20-10-14(6-8-16(20)22)21(27)25-19-9-7-15(23)11-17(19)24/h3-11,26H,1-2H3,(H,25,27). The molecule has 3 aromatic carbocycles. The number of hydrogen-bond donors (Lipinski definition) is 2. The topological polar surface area (TPSA) is 75.3 Å². The lowest BCUT2D eigenvalue weighted by Gasteiger charge is -2.14. The third-order valence-corrected chi connectivity index (χ3v) is 6.36. The molecule has 0 spiro atoms. The number of hydrogen-bond acceptors (Lipinski definition) is 3. The van der Waals surface area contributed by atoms with Crippen molar-refractivity contribution in [3.63, 3.8) is 0 Å². The van der Waals surface area contributed by atoms with Gasteiger partial charge in [0.25, 0.3) is 15.9 Å². The van der Waals surface area contributed by atoms with Gasteiger partial charge in [0.1, 0.15) is 16.5 Å². The fourth-order valence-corrected chi connectivity index (χ4v) is 4.35. The van der Waals surface area contributed by atoms with Gasteiger partial charge in [-0.15, -0.1) is 0 Å². The second-order valence-corrected chi connectivity index (χ2v) is 8.63. The van der Waals surface area contributed by atoms with Crippen LogP contribution in [0.1, 0.15) is 21.5 Å². The van der Waals surface area contributed by atoms with Crippen molar-refractivity contribution in [2.75, 3.05) is 10.0 Å². The molecule has 9 heteroatoms. The van der Waals surface area contributed by atoms with Gasteiger partial charge in [0.2, 0.25) is 0 Å². The van der Waals surface area contributed by atoms with Crippen LogP contribution in [0.5, 0.6) is 0 Å². The van der Waals surface area contributed by atoms with Crippen molar-refractivity contribution in [2.24, 2.45) is 0 Å². The van der Waals surface area contributed by atoms with Crippen molar-refractivity contribution in [3.05, 3.63) is 87.9 Å². The smallest absolute Gasteiger partial charge is 0.263 e. The molecule has 0 aliphatic carbocycles. The van der Waals surface area contributed by atoms with E-state index in [-0.39, 0.29) is 21.2 Å². The molecule has 0 aromatic heterocycles. The molecule has 0 heterocycles. The van der Waals surface area contributed by atoms with E-state index in [0.717, 1.165) is 29.3 Å². The molecule has 0 aliphatic heterocycles. The highest BCUT2D eigenvalue weighted by Crippen LogP contribution is 2.27. The largest absolute Gasteiger partial charge is 0.319 e. The third-order valence-electron chi connectivity index (χ3n) is 4.51. The van der Waals surface area contributed by atoms with Crippen molar-refractivity contribution in [1.29, 1.82) is 0 Å². The molecule has 3 aromatic rings. The van der Waals surface area contributed by atoms with Crippen LogP contribution in [0.2, 0.25) is 5.02 Å². The van der Waals surface area contributed by atoms with Gasteiger partial charge < -0.3 is 5.32 Å². The van der Waals surface area contributed by atoms with Crippen LogP contribution in [-0.4, -0.2) is 14.3 Å². The molecule has 5 nitrogen and oxygen atoms in total. The second kappa shape index (κ2) is 8.41. The Morgan fingerprint density at radius 1 is 0.967 bits per heavy atom. The van der Waals surface area contributed by atoms with Crippen LogP contribution >= 0.6 is 11.6 Å². The van der Waals surface area contributed by atoms with Gasteiger partial charge >= 0.3 is 0 Å². The maximum absolute atomic E-state index is 13.8. The number of halogens is 3. The lowest BCUT2D eigenvalue weighted by Crippen LogP contribution is -2.17. The quantitative estimate of drug-likeness (QED) is 0.554. The summed E-state index contributed by atoms with van der Waals surface area (Å²) in [4.78, 5) is 12.2. The van der Waals surface area contributed by atoms with E-state index in [1.54, 1.807) is 19.1 Å². The summed E-state index contributed by atoms with van der Waals surface area (Å²) in [5.41, 5.74) is 1.72. The maximum atomic E-state index is 13.8. The summed E-state index contributed by atoms with van der Waals surface area (Å²) in [6.07, 6.45) is 0. The van der Waals surface area contributed by atoms with Crippen LogP contribution in [-0.2, 0) is 10.0 Å². The first-order valence-corrected chi connectivity index (χ1v) is 10.6. The maximum Gasteiger partial charge on any atom is 0.263 e. The number of carbonyl (C=O) groups is 1. The average molecular weight is 451 g/mol. The molecule has 0 unspecified atom stereocenters. The summed E-state index contributed by atoms with van der Waals surface area (Å²) in [6, 6.07) is 11.5. The Morgan fingerprint density at radius 2 is 1.70 bits per heavy atom. The van der Waals surface area contributed by atoms with E-state index in [1.807, 2.05) is 13.0 Å². The first-order chi connectivity index (χ1) is 14.1. The lowest BCUT2D eigenvalue weighted by molar-refractivity contribution is 0.102. The zero-order valence-corrected chi connectivity index (χ0v) is 17.5. The molecular weight excluding hydrogens is 434 g/mol. The van der Waals surface area contributed by atoms with Crippen molar-refractivity contribution in [3.8, 4) is 0 Å². The van der Waals surface area contributed by atoms with Gasteiger partial charge in [-0.1, -0.05) is 23.7 Å². The molecule has 30 heavy (non-hydrogen) atoms. The summed E-state index contributed by atoms with van der Waals surface area (Å²) < 4.78 is 55.1. The first-order valence-electron chi connectivity index (χ1n) is 8.73. The van der Waals surface area contributed by atoms with Crippen molar-refractivity contribution in [1.82, 2.24) is 0 Å². The Bertz CT molecular complexity index is 1250. The van der Waals surface area contributed by atoms with E-state index < -0.39 is 27.6 Å². The molecule has 0 fully saturated rings. The zero-order chi connectivity index (χ0) is 22.1. The molecule has 2 N–H and O–H groups in total. The summed E-state index contributed by atoms with van der Waals surface area (Å²) in [6.45, 7) is 3.62. The molecule has 1 amide bonds. The molecular formula is C21H17ClF2N2O3S. The molecule has 0 saturated carbocycles. The summed E-state index contributed by atoms with van der Waals surface area (Å²) in [7, 11) is -4.11. The van der Waals surface area contributed by atoms with E-state index >= 15 is 0 Å². The van der Waals surface area contributed by atoms with E-state index in [4.69, 9.17) is 11.6 Å². The van der Waals surface area contributed by atoms with Gasteiger partial charge in [0, 0.05) is 11.6 Å². The lowest BCUT2D eigenvalue weighted by atomic mass is 10.1. The Labute approximate surface area is 177 Å². The van der Waals surface area contributed by atoms with Gasteiger partial charge in [-0.2, -0.15) is 0 Å². The van der Waals surface area contributed by atoms with Crippen molar-refractivity contribution in [2.45, 2.75) is 18.7 Å². The van der Waals surface area contributed by atoms with Crippen molar-refractivity contribution >= 4 is 38.9 Å². The third kappa shape index (κ3) is 4.60. The van der Waals surface area contributed by atoms with Gasteiger partial charge in [-0.3, -0.25) is 9.52 Å². The van der Waals surface area contributed by atoms with Crippen LogP contribution in [0, 0.1) is 25.5 Å². The van der Waals surface area contributed by atoms with Crippen LogP contribution in [0.4, 0.5) is 20.2 Å². The zero-order valence-electron chi connectivity index (χ0n) is 16.0. The molecule has 0 radical (unpaired) electrons. The average Bonchev–Trinajstić information content (AvgIpc) is 2.67. The Balaban J connectivity index is 1.92. The highest BCUT2D eigenvalue weighted by molar-refractivity contribution is 7.92. The number of benzene rings is 3. The van der Waals surface area contributed by atoms with Crippen LogP contribution in [0.15, 0.2) is 59.5 Å². The monoisotopic (exact) mass is 450 g/mol. The van der Waals surface area contributed by atoms with Gasteiger partial charge in [0.05, 0.1) is 16.4 Å². The molecule has 0 saturated heterocycles. The number of carbonyl (C=O) groups excluding carboxylic acids is 1. The van der Waals surface area contributed by atoms with Crippen LogP contribution in [0.25, 0.3) is 0 Å². The summed E-state index contributed by atoms with van der Waals surface area (Å²) in [5.74, 6) is -2.52. The first kappa shape index (κ1) is 21.7. The Kier molecular flexibility index (Phi) is 6.09. The molecule has 0 atom stereocenters. The predicted octanol–water partition coefficient (Wildman–Crippen LogP) is 5.29. The minimum absolute atomic E-state index is 0.0653. The van der Waals surface area contributed by atoms with E-state index in [1.165, 1.54) is 12.1 Å². The fourth-order valence-electron chi connectivity index (χ4n) is 2.70. The Hall–Kier alpha value is -2.97. The number of sulfonamides is 1. The van der Waals surface area contributed by atoms with Gasteiger partial charge in [-0.25, -0.2) is 17.2 Å². The number of rotatable bonds is 5. The van der Waals surface area contributed by atoms with Gasteiger partial charge in [0.15, 0.2) is 0 Å². The SMILES string of the molecule is Cc1cccc(NS(=O)(=O)c2cc(C(=O)Nc3ccc(F)cc3F)ccc2Cl)c1C.